The summed E-state index contributed by atoms with van der Waals surface area (Å²) >= 11 is 1.26. The summed E-state index contributed by atoms with van der Waals surface area (Å²) in [6, 6.07) is 16.6. The molecule has 0 saturated carbocycles. The van der Waals surface area contributed by atoms with Gasteiger partial charge in [0.2, 0.25) is 5.91 Å². The summed E-state index contributed by atoms with van der Waals surface area (Å²) in [6.07, 6.45) is 1.19. The van der Waals surface area contributed by atoms with Crippen LogP contribution >= 0.6 is 11.8 Å². The molecular weight excluding hydrogens is 396 g/mol. The molecule has 1 heterocycles. The molecule has 2 aromatic carbocycles. The highest BCUT2D eigenvalue weighted by atomic mass is 32.2. The van der Waals surface area contributed by atoms with Crippen molar-refractivity contribution in [3.63, 3.8) is 0 Å². The largest absolute Gasteiger partial charge is 0.325 e. The Hall–Kier alpha value is -3.11. The molecule has 0 bridgehead atoms. The number of rotatable bonds is 8. The molecule has 3 aromatic rings. The lowest BCUT2D eigenvalue weighted by Crippen LogP contribution is -2.25. The van der Waals surface area contributed by atoms with Gasteiger partial charge in [0.05, 0.1) is 29.1 Å². The zero-order valence-electron chi connectivity index (χ0n) is 17.1. The van der Waals surface area contributed by atoms with Gasteiger partial charge in [-0.2, -0.15) is 5.26 Å². The van der Waals surface area contributed by atoms with Crippen molar-refractivity contribution >= 4 is 34.3 Å². The number of hydrogen-bond donors (Lipinski definition) is 1. The van der Waals surface area contributed by atoms with Crippen LogP contribution in [0.5, 0.6) is 0 Å². The smallest absolute Gasteiger partial charge is 0.262 e. The molecule has 3 rings (SSSR count). The van der Waals surface area contributed by atoms with Crippen molar-refractivity contribution in [2.75, 3.05) is 11.1 Å². The Kier molecular flexibility index (Phi) is 7.26. The van der Waals surface area contributed by atoms with Gasteiger partial charge in [0, 0.05) is 12.2 Å². The van der Waals surface area contributed by atoms with Crippen LogP contribution in [0.25, 0.3) is 10.9 Å². The van der Waals surface area contributed by atoms with Crippen LogP contribution in [0, 0.1) is 17.2 Å². The van der Waals surface area contributed by atoms with Crippen LogP contribution in [0.15, 0.2) is 58.5 Å². The molecule has 0 unspecified atom stereocenters. The van der Waals surface area contributed by atoms with E-state index >= 15 is 0 Å². The SMILES string of the molecule is CC(C)CCn1c(SCC(=O)Nc2ccc(CC#N)cc2)nc2ccccc2c1=O. The molecule has 0 aliphatic heterocycles. The van der Waals surface area contributed by atoms with Crippen LogP contribution in [0.1, 0.15) is 25.8 Å². The molecule has 0 saturated heterocycles. The van der Waals surface area contributed by atoms with E-state index < -0.39 is 0 Å². The van der Waals surface area contributed by atoms with Gasteiger partial charge >= 0.3 is 0 Å². The predicted molar refractivity (Wildman–Crippen MR) is 121 cm³/mol. The molecular formula is C23H24N4O2S. The number of fused-ring (bicyclic) bond motifs is 1. The van der Waals surface area contributed by atoms with Crippen LogP contribution in [0.2, 0.25) is 0 Å². The average molecular weight is 421 g/mol. The predicted octanol–water partition coefficient (Wildman–Crippen LogP) is 4.24. The lowest BCUT2D eigenvalue weighted by molar-refractivity contribution is -0.113. The van der Waals surface area contributed by atoms with Crippen LogP contribution in [-0.4, -0.2) is 21.2 Å². The van der Waals surface area contributed by atoms with Gasteiger partial charge in [0.25, 0.3) is 5.56 Å². The number of carbonyl (C=O) groups excluding carboxylic acids is 1. The lowest BCUT2D eigenvalue weighted by atomic mass is 10.1. The highest BCUT2D eigenvalue weighted by molar-refractivity contribution is 7.99. The van der Waals surface area contributed by atoms with Gasteiger partial charge in [-0.05, 0) is 42.2 Å². The Morgan fingerprint density at radius 1 is 1.20 bits per heavy atom. The molecule has 7 heteroatoms. The van der Waals surface area contributed by atoms with Crippen LogP contribution < -0.4 is 10.9 Å². The highest BCUT2D eigenvalue weighted by Crippen LogP contribution is 2.19. The number of nitrogens with one attached hydrogen (secondary N) is 1. The second-order valence-corrected chi connectivity index (χ2v) is 8.36. The van der Waals surface area contributed by atoms with Crippen molar-refractivity contribution in [2.24, 2.45) is 5.92 Å². The first kappa shape index (κ1) is 21.6. The Morgan fingerprint density at radius 3 is 2.63 bits per heavy atom. The van der Waals surface area contributed by atoms with Gasteiger partial charge in [0.1, 0.15) is 0 Å². The molecule has 6 nitrogen and oxygen atoms in total. The lowest BCUT2D eigenvalue weighted by Gasteiger charge is -2.14. The first-order valence-electron chi connectivity index (χ1n) is 9.86. The van der Waals surface area contributed by atoms with E-state index in [0.29, 0.717) is 40.6 Å². The first-order valence-corrected chi connectivity index (χ1v) is 10.8. The highest BCUT2D eigenvalue weighted by Gasteiger charge is 2.14. The summed E-state index contributed by atoms with van der Waals surface area (Å²) in [7, 11) is 0. The van der Waals surface area contributed by atoms with Crippen LogP contribution in [0.3, 0.4) is 0 Å². The molecule has 1 aromatic heterocycles. The third kappa shape index (κ3) is 5.49. The van der Waals surface area contributed by atoms with E-state index in [1.165, 1.54) is 11.8 Å². The zero-order chi connectivity index (χ0) is 21.5. The minimum atomic E-state index is -0.175. The minimum absolute atomic E-state index is 0.0720. The fourth-order valence-corrected chi connectivity index (χ4v) is 3.79. The number of hydrogen-bond acceptors (Lipinski definition) is 5. The summed E-state index contributed by atoms with van der Waals surface area (Å²) < 4.78 is 1.68. The van der Waals surface area contributed by atoms with Crippen molar-refractivity contribution in [3.05, 3.63) is 64.4 Å². The fourth-order valence-electron chi connectivity index (χ4n) is 2.97. The Labute approximate surface area is 179 Å². The van der Waals surface area contributed by atoms with Crippen molar-refractivity contribution < 1.29 is 4.79 Å². The van der Waals surface area contributed by atoms with Crippen molar-refractivity contribution in [2.45, 2.75) is 38.4 Å². The van der Waals surface area contributed by atoms with E-state index in [1.807, 2.05) is 30.3 Å². The third-order valence-electron chi connectivity index (χ3n) is 4.61. The molecule has 154 valence electrons. The quantitative estimate of drug-likeness (QED) is 0.435. The van der Waals surface area contributed by atoms with E-state index in [0.717, 1.165) is 12.0 Å². The summed E-state index contributed by atoms with van der Waals surface area (Å²) in [4.78, 5) is 30.0. The zero-order valence-corrected chi connectivity index (χ0v) is 17.9. The third-order valence-corrected chi connectivity index (χ3v) is 5.59. The number of benzene rings is 2. The van der Waals surface area contributed by atoms with Gasteiger partial charge in [0.15, 0.2) is 5.16 Å². The van der Waals surface area contributed by atoms with E-state index in [9.17, 15) is 9.59 Å². The molecule has 1 amide bonds. The summed E-state index contributed by atoms with van der Waals surface area (Å²) in [6.45, 7) is 4.79. The van der Waals surface area contributed by atoms with Gasteiger partial charge < -0.3 is 5.32 Å². The number of thioether (sulfide) groups is 1. The van der Waals surface area contributed by atoms with E-state index in [-0.39, 0.29) is 17.2 Å². The fraction of sp³-hybridized carbons (Fsp3) is 0.304. The van der Waals surface area contributed by atoms with Gasteiger partial charge in [-0.1, -0.05) is 49.9 Å². The summed E-state index contributed by atoms with van der Waals surface area (Å²) in [5.74, 6) is 0.422. The Balaban J connectivity index is 1.75. The maximum atomic E-state index is 13.0. The molecule has 0 spiro atoms. The topological polar surface area (TPSA) is 87.8 Å². The molecule has 0 fully saturated rings. The van der Waals surface area contributed by atoms with Gasteiger partial charge in [-0.25, -0.2) is 4.98 Å². The first-order chi connectivity index (χ1) is 14.5. The second-order valence-electron chi connectivity index (χ2n) is 7.42. The normalized spacial score (nSPS) is 10.9. The summed E-state index contributed by atoms with van der Waals surface area (Å²) in [5.41, 5.74) is 2.14. The Morgan fingerprint density at radius 2 is 1.93 bits per heavy atom. The monoisotopic (exact) mass is 420 g/mol. The molecule has 1 N–H and O–H groups in total. The number of carbonyl (C=O) groups is 1. The van der Waals surface area contributed by atoms with Crippen molar-refractivity contribution in [1.82, 2.24) is 9.55 Å². The molecule has 30 heavy (non-hydrogen) atoms. The Bertz CT molecular complexity index is 1130. The number of nitriles is 1. The number of para-hydroxylation sites is 1. The van der Waals surface area contributed by atoms with E-state index in [2.05, 4.69) is 30.2 Å². The number of aromatic nitrogens is 2. The number of amides is 1. The van der Waals surface area contributed by atoms with Crippen LogP contribution in [-0.2, 0) is 17.8 Å². The molecule has 0 radical (unpaired) electrons. The molecule has 0 atom stereocenters. The maximum Gasteiger partial charge on any atom is 0.262 e. The molecule has 0 aliphatic carbocycles. The van der Waals surface area contributed by atoms with Crippen molar-refractivity contribution in [1.29, 1.82) is 5.26 Å². The minimum Gasteiger partial charge on any atom is -0.325 e. The molecule has 0 aliphatic rings. The van der Waals surface area contributed by atoms with E-state index in [4.69, 9.17) is 5.26 Å². The average Bonchev–Trinajstić information content (AvgIpc) is 2.73. The number of nitrogens with zero attached hydrogens (tertiary/aromatic N) is 3. The second kappa shape index (κ2) is 10.1. The van der Waals surface area contributed by atoms with Gasteiger partial charge in [-0.15, -0.1) is 0 Å². The van der Waals surface area contributed by atoms with Crippen molar-refractivity contribution in [3.8, 4) is 6.07 Å². The maximum absolute atomic E-state index is 13.0. The standard InChI is InChI=1S/C23H24N4O2S/c1-16(2)12-14-27-22(29)19-5-3-4-6-20(19)26-23(27)30-15-21(28)25-18-9-7-17(8-10-18)11-13-24/h3-10,16H,11-12,14-15H2,1-2H3,(H,25,28). The number of anilines is 1. The van der Waals surface area contributed by atoms with Crippen LogP contribution in [0.4, 0.5) is 5.69 Å². The van der Waals surface area contributed by atoms with E-state index in [1.54, 1.807) is 22.8 Å². The summed E-state index contributed by atoms with van der Waals surface area (Å²) in [5, 5.41) is 12.7. The van der Waals surface area contributed by atoms with Gasteiger partial charge in [-0.3, -0.25) is 14.2 Å².